The zero-order chi connectivity index (χ0) is 15.7. The van der Waals surface area contributed by atoms with Crippen molar-refractivity contribution in [3.8, 4) is 6.07 Å². The average molecular weight is 288 g/mol. The van der Waals surface area contributed by atoms with E-state index in [0.29, 0.717) is 18.8 Å². The fraction of sp³-hybridized carbons (Fsp3) is 0.471. The number of allylic oxidation sites excluding steroid dienone is 4. The standard InChI is InChI=1S/C15H18N2O2.C2H6/c1-11-9-14(19-8-4-7-18-2)13-6-3-5-12(10-16)15(13)17-11;1-2/h3,5-6,9,15,17H,4,7-8H2,1-2H3;1-2H3. The zero-order valence-electron chi connectivity index (χ0n) is 13.3. The summed E-state index contributed by atoms with van der Waals surface area (Å²) in [7, 11) is 1.68. The number of methoxy groups -OCH3 is 1. The number of hydrogen-bond donors (Lipinski definition) is 1. The third-order valence-electron chi connectivity index (χ3n) is 3.06. The van der Waals surface area contributed by atoms with Gasteiger partial charge in [-0.05, 0) is 19.1 Å². The molecule has 1 aliphatic carbocycles. The molecule has 1 aliphatic heterocycles. The van der Waals surface area contributed by atoms with E-state index in [-0.39, 0.29) is 6.04 Å². The molecule has 2 aliphatic rings. The highest BCUT2D eigenvalue weighted by atomic mass is 16.5. The minimum Gasteiger partial charge on any atom is -0.493 e. The lowest BCUT2D eigenvalue weighted by Crippen LogP contribution is -2.35. The van der Waals surface area contributed by atoms with Crippen molar-refractivity contribution in [1.82, 2.24) is 5.32 Å². The maximum absolute atomic E-state index is 9.16. The summed E-state index contributed by atoms with van der Waals surface area (Å²) >= 11 is 0. The summed E-state index contributed by atoms with van der Waals surface area (Å²) in [6, 6.07) is 2.15. The van der Waals surface area contributed by atoms with Crippen molar-refractivity contribution in [3.05, 3.63) is 46.9 Å². The Morgan fingerprint density at radius 1 is 1.33 bits per heavy atom. The van der Waals surface area contributed by atoms with Crippen LogP contribution in [0.25, 0.3) is 0 Å². The molecular weight excluding hydrogens is 264 g/mol. The fourth-order valence-corrected chi connectivity index (χ4v) is 2.16. The monoisotopic (exact) mass is 288 g/mol. The van der Waals surface area contributed by atoms with Gasteiger partial charge in [0.15, 0.2) is 0 Å². The van der Waals surface area contributed by atoms with Crippen molar-refractivity contribution in [2.24, 2.45) is 0 Å². The second-order valence-corrected chi connectivity index (χ2v) is 4.51. The molecular formula is C17H24N2O2. The third kappa shape index (κ3) is 4.51. The van der Waals surface area contributed by atoms with E-state index in [2.05, 4.69) is 11.4 Å². The van der Waals surface area contributed by atoms with Crippen LogP contribution in [-0.4, -0.2) is 26.4 Å². The highest BCUT2D eigenvalue weighted by molar-refractivity contribution is 5.52. The van der Waals surface area contributed by atoms with Crippen molar-refractivity contribution >= 4 is 0 Å². The molecule has 0 aromatic carbocycles. The van der Waals surface area contributed by atoms with Gasteiger partial charge in [-0.15, -0.1) is 0 Å². The van der Waals surface area contributed by atoms with Gasteiger partial charge in [-0.25, -0.2) is 0 Å². The van der Waals surface area contributed by atoms with E-state index < -0.39 is 0 Å². The van der Waals surface area contributed by atoms with Gasteiger partial charge < -0.3 is 14.8 Å². The maximum Gasteiger partial charge on any atom is 0.126 e. The van der Waals surface area contributed by atoms with Crippen molar-refractivity contribution in [2.45, 2.75) is 33.2 Å². The Labute approximate surface area is 127 Å². The summed E-state index contributed by atoms with van der Waals surface area (Å²) < 4.78 is 10.8. The molecule has 1 heterocycles. The number of rotatable bonds is 5. The van der Waals surface area contributed by atoms with Crippen LogP contribution in [0, 0.1) is 11.3 Å². The van der Waals surface area contributed by atoms with Gasteiger partial charge >= 0.3 is 0 Å². The summed E-state index contributed by atoms with van der Waals surface area (Å²) in [5, 5.41) is 12.5. The highest BCUT2D eigenvalue weighted by Crippen LogP contribution is 2.27. The largest absolute Gasteiger partial charge is 0.493 e. The number of ether oxygens (including phenoxy) is 2. The van der Waals surface area contributed by atoms with Gasteiger partial charge in [0.1, 0.15) is 5.76 Å². The Morgan fingerprint density at radius 2 is 2.10 bits per heavy atom. The summed E-state index contributed by atoms with van der Waals surface area (Å²) in [6.07, 6.45) is 8.54. The molecule has 114 valence electrons. The van der Waals surface area contributed by atoms with Crippen LogP contribution >= 0.6 is 0 Å². The Morgan fingerprint density at radius 3 is 2.76 bits per heavy atom. The highest BCUT2D eigenvalue weighted by Gasteiger charge is 2.26. The van der Waals surface area contributed by atoms with E-state index in [1.54, 1.807) is 7.11 Å². The molecule has 1 unspecified atom stereocenters. The first-order valence-electron chi connectivity index (χ1n) is 7.35. The van der Waals surface area contributed by atoms with Crippen LogP contribution in [0.2, 0.25) is 0 Å². The molecule has 0 aromatic heterocycles. The smallest absolute Gasteiger partial charge is 0.126 e. The molecule has 0 bridgehead atoms. The predicted molar refractivity (Wildman–Crippen MR) is 84.3 cm³/mol. The van der Waals surface area contributed by atoms with Gasteiger partial charge in [0.05, 0.1) is 24.3 Å². The second kappa shape index (κ2) is 9.04. The van der Waals surface area contributed by atoms with Gasteiger partial charge in [-0.1, -0.05) is 26.0 Å². The molecule has 0 saturated heterocycles. The number of nitriles is 1. The Kier molecular flexibility index (Phi) is 7.34. The van der Waals surface area contributed by atoms with E-state index in [0.717, 1.165) is 23.5 Å². The average Bonchev–Trinajstić information content (AvgIpc) is 2.52. The molecule has 4 heteroatoms. The lowest BCUT2D eigenvalue weighted by atomic mass is 9.91. The maximum atomic E-state index is 9.16. The van der Waals surface area contributed by atoms with Crippen molar-refractivity contribution in [2.75, 3.05) is 20.3 Å². The predicted octanol–water partition coefficient (Wildman–Crippen LogP) is 3.22. The van der Waals surface area contributed by atoms with Crippen molar-refractivity contribution in [3.63, 3.8) is 0 Å². The van der Waals surface area contributed by atoms with Gasteiger partial charge in [0.2, 0.25) is 0 Å². The molecule has 0 radical (unpaired) electrons. The Bertz CT molecular complexity index is 507. The molecule has 0 amide bonds. The normalized spacial score (nSPS) is 19.3. The van der Waals surface area contributed by atoms with Gasteiger partial charge in [0.25, 0.3) is 0 Å². The first kappa shape index (κ1) is 17.1. The first-order chi connectivity index (χ1) is 10.3. The fourth-order valence-electron chi connectivity index (χ4n) is 2.16. The summed E-state index contributed by atoms with van der Waals surface area (Å²) in [4.78, 5) is 0. The van der Waals surface area contributed by atoms with Crippen LogP contribution < -0.4 is 5.32 Å². The summed E-state index contributed by atoms with van der Waals surface area (Å²) in [5.41, 5.74) is 2.73. The molecule has 1 atom stereocenters. The van der Waals surface area contributed by atoms with Gasteiger partial charge in [0, 0.05) is 31.4 Å². The van der Waals surface area contributed by atoms with Crippen LogP contribution in [-0.2, 0) is 9.47 Å². The van der Waals surface area contributed by atoms with E-state index in [4.69, 9.17) is 14.7 Å². The summed E-state index contributed by atoms with van der Waals surface area (Å²) in [6.45, 7) is 7.28. The number of nitrogens with zero attached hydrogens (tertiary/aromatic N) is 1. The molecule has 1 N–H and O–H groups in total. The molecule has 21 heavy (non-hydrogen) atoms. The molecule has 0 spiro atoms. The van der Waals surface area contributed by atoms with Crippen LogP contribution in [0.5, 0.6) is 0 Å². The summed E-state index contributed by atoms with van der Waals surface area (Å²) in [5.74, 6) is 0.842. The number of hydrogen-bond acceptors (Lipinski definition) is 4. The molecule has 0 aromatic rings. The SMILES string of the molecule is CC.COCCCOC1=C2C=CC=C(C#N)C2NC(C)=C1. The van der Waals surface area contributed by atoms with Crippen LogP contribution in [0.15, 0.2) is 46.9 Å². The van der Waals surface area contributed by atoms with E-state index in [1.165, 1.54) is 0 Å². The lowest BCUT2D eigenvalue weighted by molar-refractivity contribution is 0.147. The van der Waals surface area contributed by atoms with E-state index in [9.17, 15) is 0 Å². The lowest BCUT2D eigenvalue weighted by Gasteiger charge is -2.29. The minimum atomic E-state index is -0.0857. The van der Waals surface area contributed by atoms with Crippen LogP contribution in [0.4, 0.5) is 0 Å². The zero-order valence-corrected chi connectivity index (χ0v) is 13.3. The number of fused-ring (bicyclic) bond motifs is 1. The first-order valence-corrected chi connectivity index (χ1v) is 7.35. The number of dihydropyridines is 1. The van der Waals surface area contributed by atoms with E-state index >= 15 is 0 Å². The molecule has 0 fully saturated rings. The van der Waals surface area contributed by atoms with Crippen LogP contribution in [0.1, 0.15) is 27.2 Å². The topological polar surface area (TPSA) is 54.3 Å². The Hall–Kier alpha value is -1.99. The van der Waals surface area contributed by atoms with Gasteiger partial charge in [-0.3, -0.25) is 0 Å². The molecule has 4 nitrogen and oxygen atoms in total. The van der Waals surface area contributed by atoms with Crippen LogP contribution in [0.3, 0.4) is 0 Å². The second-order valence-electron chi connectivity index (χ2n) is 4.51. The number of nitrogens with one attached hydrogen (secondary N) is 1. The van der Waals surface area contributed by atoms with Crippen molar-refractivity contribution < 1.29 is 9.47 Å². The third-order valence-corrected chi connectivity index (χ3v) is 3.06. The van der Waals surface area contributed by atoms with Crippen molar-refractivity contribution in [1.29, 1.82) is 5.26 Å². The molecule has 0 saturated carbocycles. The van der Waals surface area contributed by atoms with Gasteiger partial charge in [-0.2, -0.15) is 5.26 Å². The minimum absolute atomic E-state index is 0.0857. The molecule has 2 rings (SSSR count). The van der Waals surface area contributed by atoms with E-state index in [1.807, 2.05) is 45.1 Å². The Balaban J connectivity index is 0.00000106. The quantitative estimate of drug-likeness (QED) is 0.789.